The van der Waals surface area contributed by atoms with Gasteiger partial charge in [0.2, 0.25) is 0 Å². The predicted molar refractivity (Wildman–Crippen MR) is 116 cm³/mol. The molecule has 0 aliphatic heterocycles. The van der Waals surface area contributed by atoms with Gasteiger partial charge in [0.05, 0.1) is 7.11 Å². The molecule has 5 heteroatoms. The van der Waals surface area contributed by atoms with E-state index in [9.17, 15) is 4.39 Å². The number of benzene rings is 3. The van der Waals surface area contributed by atoms with Crippen LogP contribution in [-0.4, -0.2) is 11.7 Å². The molecule has 0 saturated heterocycles. The third kappa shape index (κ3) is 4.44. The minimum Gasteiger partial charge on any atom is -0.497 e. The number of rotatable bonds is 7. The zero-order valence-electron chi connectivity index (χ0n) is 16.2. The average molecular weight is 409 g/mol. The fourth-order valence-electron chi connectivity index (χ4n) is 3.51. The SMILES string of the molecule is COc1ccc(CNCc2cn(Cc3ccc(F)cc3Cl)c3ccccc23)cc1. The number of nitrogens with one attached hydrogen (secondary N) is 1. The molecule has 0 radical (unpaired) electrons. The molecule has 1 aromatic heterocycles. The summed E-state index contributed by atoms with van der Waals surface area (Å²) in [6.07, 6.45) is 2.14. The number of aromatic nitrogens is 1. The first-order chi connectivity index (χ1) is 14.1. The molecule has 0 bridgehead atoms. The Labute approximate surface area is 174 Å². The molecular formula is C24H22ClFN2O. The molecule has 0 saturated carbocycles. The second kappa shape index (κ2) is 8.68. The van der Waals surface area contributed by atoms with Crippen LogP contribution in [0.25, 0.3) is 10.9 Å². The Balaban J connectivity index is 1.52. The summed E-state index contributed by atoms with van der Waals surface area (Å²) in [4.78, 5) is 0. The Bertz CT molecular complexity index is 1120. The van der Waals surface area contributed by atoms with E-state index in [1.807, 2.05) is 24.3 Å². The highest BCUT2D eigenvalue weighted by Gasteiger charge is 2.10. The van der Waals surface area contributed by atoms with Crippen LogP contribution >= 0.6 is 11.6 Å². The van der Waals surface area contributed by atoms with Crippen molar-refractivity contribution < 1.29 is 9.13 Å². The fraction of sp³-hybridized carbons (Fsp3) is 0.167. The maximum atomic E-state index is 13.4. The minimum absolute atomic E-state index is 0.320. The zero-order chi connectivity index (χ0) is 20.2. The fourth-order valence-corrected chi connectivity index (χ4v) is 3.74. The van der Waals surface area contributed by atoms with Gasteiger partial charge in [-0.2, -0.15) is 0 Å². The highest BCUT2D eigenvalue weighted by Crippen LogP contribution is 2.25. The summed E-state index contributed by atoms with van der Waals surface area (Å²) in [6, 6.07) is 20.9. The molecule has 1 heterocycles. The van der Waals surface area contributed by atoms with E-state index in [-0.39, 0.29) is 5.82 Å². The standard InChI is InChI=1S/C24H22ClFN2O/c1-29-21-10-6-17(7-11-21)13-27-14-19-16-28(24-5-3-2-4-22(19)24)15-18-8-9-20(26)12-23(18)25/h2-12,16,27H,13-15H2,1H3. The Morgan fingerprint density at radius 3 is 2.52 bits per heavy atom. The van der Waals surface area contributed by atoms with Crippen molar-refractivity contribution in [2.45, 2.75) is 19.6 Å². The molecule has 4 aromatic rings. The molecule has 0 aliphatic rings. The number of nitrogens with zero attached hydrogens (tertiary/aromatic N) is 1. The molecule has 148 valence electrons. The monoisotopic (exact) mass is 408 g/mol. The molecule has 0 amide bonds. The summed E-state index contributed by atoms with van der Waals surface area (Å²) in [7, 11) is 1.67. The molecule has 0 aliphatic carbocycles. The maximum Gasteiger partial charge on any atom is 0.124 e. The van der Waals surface area contributed by atoms with Crippen molar-refractivity contribution in [2.24, 2.45) is 0 Å². The average Bonchev–Trinajstić information content (AvgIpc) is 3.08. The summed E-state index contributed by atoms with van der Waals surface area (Å²) in [5.74, 6) is 0.538. The van der Waals surface area contributed by atoms with Crippen LogP contribution in [-0.2, 0) is 19.6 Å². The molecule has 3 aromatic carbocycles. The Hall–Kier alpha value is -2.82. The van der Waals surface area contributed by atoms with E-state index in [4.69, 9.17) is 16.3 Å². The van der Waals surface area contributed by atoms with Crippen LogP contribution in [0.5, 0.6) is 5.75 Å². The Kier molecular flexibility index (Phi) is 5.84. The first-order valence-electron chi connectivity index (χ1n) is 9.48. The van der Waals surface area contributed by atoms with Gasteiger partial charge in [0.1, 0.15) is 11.6 Å². The van der Waals surface area contributed by atoms with E-state index in [0.717, 1.165) is 29.9 Å². The number of methoxy groups -OCH3 is 1. The van der Waals surface area contributed by atoms with Crippen LogP contribution in [0, 0.1) is 5.82 Å². The summed E-state index contributed by atoms with van der Waals surface area (Å²) in [5.41, 5.74) is 4.45. The topological polar surface area (TPSA) is 26.2 Å². The van der Waals surface area contributed by atoms with E-state index in [1.54, 1.807) is 13.2 Å². The van der Waals surface area contributed by atoms with Crippen LogP contribution in [0.15, 0.2) is 72.9 Å². The van der Waals surface area contributed by atoms with E-state index < -0.39 is 0 Å². The van der Waals surface area contributed by atoms with Gasteiger partial charge in [-0.3, -0.25) is 0 Å². The Morgan fingerprint density at radius 2 is 1.76 bits per heavy atom. The molecule has 29 heavy (non-hydrogen) atoms. The van der Waals surface area contributed by atoms with Gasteiger partial charge in [0.25, 0.3) is 0 Å². The highest BCUT2D eigenvalue weighted by molar-refractivity contribution is 6.31. The maximum absolute atomic E-state index is 13.4. The van der Waals surface area contributed by atoms with Gasteiger partial charge in [-0.25, -0.2) is 4.39 Å². The number of halogens is 2. The number of hydrogen-bond acceptors (Lipinski definition) is 2. The summed E-state index contributed by atoms with van der Waals surface area (Å²) >= 11 is 6.24. The second-order valence-electron chi connectivity index (χ2n) is 6.99. The van der Waals surface area contributed by atoms with Crippen LogP contribution < -0.4 is 10.1 Å². The number of fused-ring (bicyclic) bond motifs is 1. The van der Waals surface area contributed by atoms with E-state index >= 15 is 0 Å². The van der Waals surface area contributed by atoms with E-state index in [1.165, 1.54) is 28.6 Å². The van der Waals surface area contributed by atoms with Crippen molar-refractivity contribution >= 4 is 22.5 Å². The van der Waals surface area contributed by atoms with Crippen molar-refractivity contribution in [3.05, 3.63) is 100 Å². The lowest BCUT2D eigenvalue weighted by atomic mass is 10.1. The number of ether oxygens (including phenoxy) is 1. The highest BCUT2D eigenvalue weighted by atomic mass is 35.5. The van der Waals surface area contributed by atoms with Crippen molar-refractivity contribution in [1.29, 1.82) is 0 Å². The van der Waals surface area contributed by atoms with Gasteiger partial charge in [-0.05, 0) is 47.0 Å². The molecule has 0 spiro atoms. The molecule has 3 nitrogen and oxygen atoms in total. The van der Waals surface area contributed by atoms with E-state index in [2.05, 4.69) is 40.3 Å². The first kappa shape index (κ1) is 19.5. The van der Waals surface area contributed by atoms with Crippen molar-refractivity contribution in [3.63, 3.8) is 0 Å². The summed E-state index contributed by atoms with van der Waals surface area (Å²) < 4.78 is 20.7. The van der Waals surface area contributed by atoms with Gasteiger partial charge >= 0.3 is 0 Å². The van der Waals surface area contributed by atoms with Gasteiger partial charge in [-0.15, -0.1) is 0 Å². The molecule has 0 unspecified atom stereocenters. The van der Waals surface area contributed by atoms with Crippen molar-refractivity contribution in [2.75, 3.05) is 7.11 Å². The lowest BCUT2D eigenvalue weighted by molar-refractivity contribution is 0.414. The second-order valence-corrected chi connectivity index (χ2v) is 7.39. The normalized spacial score (nSPS) is 11.1. The largest absolute Gasteiger partial charge is 0.497 e. The van der Waals surface area contributed by atoms with Crippen molar-refractivity contribution in [1.82, 2.24) is 9.88 Å². The number of para-hydroxylation sites is 1. The lowest BCUT2D eigenvalue weighted by Crippen LogP contribution is -2.12. The molecule has 0 atom stereocenters. The molecule has 1 N–H and O–H groups in total. The lowest BCUT2D eigenvalue weighted by Gasteiger charge is -2.07. The van der Waals surface area contributed by atoms with Gasteiger partial charge < -0.3 is 14.6 Å². The van der Waals surface area contributed by atoms with Gasteiger partial charge in [-0.1, -0.05) is 48.0 Å². The third-order valence-corrected chi connectivity index (χ3v) is 5.38. The Morgan fingerprint density at radius 1 is 0.966 bits per heavy atom. The smallest absolute Gasteiger partial charge is 0.124 e. The summed E-state index contributed by atoms with van der Waals surface area (Å²) in [5, 5.41) is 5.16. The third-order valence-electron chi connectivity index (χ3n) is 5.03. The number of hydrogen-bond donors (Lipinski definition) is 1. The quantitative estimate of drug-likeness (QED) is 0.419. The van der Waals surface area contributed by atoms with Gasteiger partial charge in [0, 0.05) is 41.8 Å². The van der Waals surface area contributed by atoms with Crippen LogP contribution in [0.4, 0.5) is 4.39 Å². The van der Waals surface area contributed by atoms with Crippen molar-refractivity contribution in [3.8, 4) is 5.75 Å². The summed E-state index contributed by atoms with van der Waals surface area (Å²) in [6.45, 7) is 2.11. The first-order valence-corrected chi connectivity index (χ1v) is 9.86. The van der Waals surface area contributed by atoms with E-state index in [0.29, 0.717) is 11.6 Å². The van der Waals surface area contributed by atoms with Crippen LogP contribution in [0.1, 0.15) is 16.7 Å². The van der Waals surface area contributed by atoms with Crippen LogP contribution in [0.3, 0.4) is 0 Å². The van der Waals surface area contributed by atoms with Crippen LogP contribution in [0.2, 0.25) is 5.02 Å². The molecule has 0 fully saturated rings. The molecule has 4 rings (SSSR count). The zero-order valence-corrected chi connectivity index (χ0v) is 16.9. The van der Waals surface area contributed by atoms with Gasteiger partial charge in [0.15, 0.2) is 0 Å². The minimum atomic E-state index is -0.320. The predicted octanol–water partition coefficient (Wildman–Crippen LogP) is 5.78. The molecular weight excluding hydrogens is 387 g/mol.